The molecule has 2 aliphatic heterocycles. The van der Waals surface area contributed by atoms with Crippen molar-refractivity contribution in [1.82, 2.24) is 4.90 Å². The van der Waals surface area contributed by atoms with E-state index in [0.29, 0.717) is 17.9 Å². The molecule has 2 fully saturated rings. The highest BCUT2D eigenvalue weighted by Crippen LogP contribution is 2.23. The van der Waals surface area contributed by atoms with Crippen molar-refractivity contribution in [2.45, 2.75) is 25.8 Å². The van der Waals surface area contributed by atoms with E-state index in [1.807, 2.05) is 4.90 Å². The van der Waals surface area contributed by atoms with Crippen LogP contribution in [0.1, 0.15) is 19.8 Å². The third-order valence-electron chi connectivity index (χ3n) is 2.70. The maximum atomic E-state index is 11.4. The highest BCUT2D eigenvalue weighted by molar-refractivity contribution is 5.78. The Bertz CT molecular complexity index is 187. The summed E-state index contributed by atoms with van der Waals surface area (Å²) in [6.45, 7) is 4.64. The molecule has 68 valence electrons. The summed E-state index contributed by atoms with van der Waals surface area (Å²) in [6.07, 6.45) is 1.76. The molecule has 3 heteroatoms. The van der Waals surface area contributed by atoms with Crippen LogP contribution in [0, 0.1) is 5.92 Å². The highest BCUT2D eigenvalue weighted by Gasteiger charge is 2.33. The molecule has 0 radical (unpaired) electrons. The van der Waals surface area contributed by atoms with E-state index in [9.17, 15) is 4.79 Å². The van der Waals surface area contributed by atoms with Crippen molar-refractivity contribution in [1.29, 1.82) is 0 Å². The number of likely N-dealkylation sites (tertiary alicyclic amines) is 1. The topological polar surface area (TPSA) is 29.5 Å². The first-order valence-corrected chi connectivity index (χ1v) is 4.64. The largest absolute Gasteiger partial charge is 0.379 e. The van der Waals surface area contributed by atoms with Crippen LogP contribution in [0.25, 0.3) is 0 Å². The Morgan fingerprint density at radius 2 is 2.42 bits per heavy atom. The first-order chi connectivity index (χ1) is 5.77. The second-order valence-electron chi connectivity index (χ2n) is 3.87. The summed E-state index contributed by atoms with van der Waals surface area (Å²) in [4.78, 5) is 13.4. The number of rotatable bonds is 1. The fourth-order valence-electron chi connectivity index (χ4n) is 2.04. The van der Waals surface area contributed by atoms with Gasteiger partial charge in [-0.2, -0.15) is 0 Å². The van der Waals surface area contributed by atoms with Gasteiger partial charge in [0.25, 0.3) is 0 Å². The van der Waals surface area contributed by atoms with E-state index < -0.39 is 0 Å². The zero-order chi connectivity index (χ0) is 8.55. The maximum absolute atomic E-state index is 11.4. The smallest absolute Gasteiger partial charge is 0.223 e. The average molecular weight is 169 g/mol. The molecule has 2 rings (SSSR count). The molecule has 0 N–H and O–H groups in total. The predicted octanol–water partition coefficient (Wildman–Crippen LogP) is 0.644. The zero-order valence-electron chi connectivity index (χ0n) is 7.45. The summed E-state index contributed by atoms with van der Waals surface area (Å²) in [7, 11) is 0. The maximum Gasteiger partial charge on any atom is 0.223 e. The van der Waals surface area contributed by atoms with Gasteiger partial charge in [-0.3, -0.25) is 4.79 Å². The van der Waals surface area contributed by atoms with Crippen molar-refractivity contribution in [3.8, 4) is 0 Å². The fraction of sp³-hybridized carbons (Fsp3) is 0.889. The van der Waals surface area contributed by atoms with Crippen molar-refractivity contribution in [3.63, 3.8) is 0 Å². The molecule has 2 atom stereocenters. The Morgan fingerprint density at radius 3 is 2.92 bits per heavy atom. The zero-order valence-corrected chi connectivity index (χ0v) is 7.45. The SMILES string of the molecule is CC1CC(=O)N(C2CCOC2)C1. The van der Waals surface area contributed by atoms with Crippen LogP contribution in [0.5, 0.6) is 0 Å². The second kappa shape index (κ2) is 3.05. The van der Waals surface area contributed by atoms with Crippen molar-refractivity contribution >= 4 is 5.91 Å². The summed E-state index contributed by atoms with van der Waals surface area (Å²) >= 11 is 0. The minimum Gasteiger partial charge on any atom is -0.379 e. The average Bonchev–Trinajstić information content (AvgIpc) is 2.58. The van der Waals surface area contributed by atoms with Crippen LogP contribution in [0.3, 0.4) is 0 Å². The monoisotopic (exact) mass is 169 g/mol. The van der Waals surface area contributed by atoms with E-state index in [0.717, 1.165) is 32.6 Å². The van der Waals surface area contributed by atoms with Gasteiger partial charge in [-0.25, -0.2) is 0 Å². The molecule has 2 heterocycles. The standard InChI is InChI=1S/C9H15NO2/c1-7-4-9(11)10(5-7)8-2-3-12-6-8/h7-8H,2-6H2,1H3. The van der Waals surface area contributed by atoms with E-state index in [2.05, 4.69) is 6.92 Å². The third kappa shape index (κ3) is 1.33. The lowest BCUT2D eigenvalue weighted by molar-refractivity contribution is -0.129. The molecule has 0 aromatic rings. The lowest BCUT2D eigenvalue weighted by Crippen LogP contribution is -2.36. The number of carbonyl (C=O) groups is 1. The lowest BCUT2D eigenvalue weighted by Gasteiger charge is -2.22. The molecule has 0 aromatic carbocycles. The number of nitrogens with zero attached hydrogens (tertiary/aromatic N) is 1. The Balaban J connectivity index is 1.98. The van der Waals surface area contributed by atoms with Crippen molar-refractivity contribution in [2.75, 3.05) is 19.8 Å². The van der Waals surface area contributed by atoms with Gasteiger partial charge < -0.3 is 9.64 Å². The van der Waals surface area contributed by atoms with Crippen LogP contribution in [0.2, 0.25) is 0 Å². The molecule has 0 aromatic heterocycles. The third-order valence-corrected chi connectivity index (χ3v) is 2.70. The first-order valence-electron chi connectivity index (χ1n) is 4.64. The van der Waals surface area contributed by atoms with Gasteiger partial charge >= 0.3 is 0 Å². The number of hydrogen-bond acceptors (Lipinski definition) is 2. The van der Waals surface area contributed by atoms with Gasteiger partial charge in [-0.1, -0.05) is 6.92 Å². The highest BCUT2D eigenvalue weighted by atomic mass is 16.5. The molecule has 1 amide bonds. The van der Waals surface area contributed by atoms with Crippen molar-refractivity contribution in [3.05, 3.63) is 0 Å². The van der Waals surface area contributed by atoms with Gasteiger partial charge in [-0.15, -0.1) is 0 Å². The molecule has 2 unspecified atom stereocenters. The molecule has 2 saturated heterocycles. The predicted molar refractivity (Wildman–Crippen MR) is 44.7 cm³/mol. The number of amides is 1. The first kappa shape index (κ1) is 8.05. The summed E-state index contributed by atoms with van der Waals surface area (Å²) < 4.78 is 5.26. The Labute approximate surface area is 72.7 Å². The van der Waals surface area contributed by atoms with Gasteiger partial charge in [0.1, 0.15) is 0 Å². The van der Waals surface area contributed by atoms with Crippen LogP contribution in [0.15, 0.2) is 0 Å². The van der Waals surface area contributed by atoms with Crippen LogP contribution in [0.4, 0.5) is 0 Å². The molecule has 0 aliphatic carbocycles. The second-order valence-corrected chi connectivity index (χ2v) is 3.87. The minimum atomic E-state index is 0.318. The molecule has 0 saturated carbocycles. The van der Waals surface area contributed by atoms with Gasteiger partial charge in [0.2, 0.25) is 5.91 Å². The van der Waals surface area contributed by atoms with E-state index in [-0.39, 0.29) is 0 Å². The van der Waals surface area contributed by atoms with Crippen LogP contribution >= 0.6 is 0 Å². The number of ether oxygens (including phenoxy) is 1. The minimum absolute atomic E-state index is 0.318. The quantitative estimate of drug-likeness (QED) is 0.576. The normalized spacial score (nSPS) is 36.4. The van der Waals surface area contributed by atoms with Gasteiger partial charge in [0, 0.05) is 19.6 Å². The Morgan fingerprint density at radius 1 is 1.58 bits per heavy atom. The Kier molecular flexibility index (Phi) is 2.05. The van der Waals surface area contributed by atoms with Crippen LogP contribution in [-0.4, -0.2) is 36.6 Å². The molecular weight excluding hydrogens is 154 g/mol. The molecule has 12 heavy (non-hydrogen) atoms. The number of carbonyl (C=O) groups excluding carboxylic acids is 1. The number of hydrogen-bond donors (Lipinski definition) is 0. The van der Waals surface area contributed by atoms with Crippen molar-refractivity contribution in [2.24, 2.45) is 5.92 Å². The summed E-state index contributed by atoms with van der Waals surface area (Å²) in [5.41, 5.74) is 0. The van der Waals surface area contributed by atoms with E-state index in [4.69, 9.17) is 4.74 Å². The molecule has 0 spiro atoms. The Hall–Kier alpha value is -0.570. The fourth-order valence-corrected chi connectivity index (χ4v) is 2.04. The van der Waals surface area contributed by atoms with Crippen LogP contribution in [-0.2, 0) is 9.53 Å². The van der Waals surface area contributed by atoms with Gasteiger partial charge in [0.05, 0.1) is 12.6 Å². The molecule has 0 bridgehead atoms. The summed E-state index contributed by atoms with van der Waals surface area (Å²) in [6, 6.07) is 0.377. The lowest BCUT2D eigenvalue weighted by atomic mass is 10.2. The summed E-state index contributed by atoms with van der Waals surface area (Å²) in [5.74, 6) is 0.858. The van der Waals surface area contributed by atoms with Crippen molar-refractivity contribution < 1.29 is 9.53 Å². The van der Waals surface area contributed by atoms with Gasteiger partial charge in [0.15, 0.2) is 0 Å². The van der Waals surface area contributed by atoms with E-state index in [1.165, 1.54) is 0 Å². The molecular formula is C9H15NO2. The summed E-state index contributed by atoms with van der Waals surface area (Å²) in [5, 5.41) is 0. The molecule has 2 aliphatic rings. The van der Waals surface area contributed by atoms with E-state index in [1.54, 1.807) is 0 Å². The molecule has 3 nitrogen and oxygen atoms in total. The van der Waals surface area contributed by atoms with Crippen LogP contribution < -0.4 is 0 Å². The van der Waals surface area contributed by atoms with Gasteiger partial charge in [-0.05, 0) is 12.3 Å². The van der Waals surface area contributed by atoms with E-state index >= 15 is 0 Å².